The van der Waals surface area contributed by atoms with E-state index in [1.54, 1.807) is 24.0 Å². The highest BCUT2D eigenvalue weighted by atomic mass is 32.2. The Morgan fingerprint density at radius 2 is 2.21 bits per heavy atom. The van der Waals surface area contributed by atoms with E-state index in [1.165, 1.54) is 32.1 Å². The third-order valence-corrected chi connectivity index (χ3v) is 4.37. The van der Waals surface area contributed by atoms with Crippen LogP contribution in [0.25, 0.3) is 0 Å². The fraction of sp³-hybridized carbons (Fsp3) is 0.600. The number of amides is 1. The van der Waals surface area contributed by atoms with Crippen LogP contribution in [0.5, 0.6) is 0 Å². The maximum atomic E-state index is 12.1. The van der Waals surface area contributed by atoms with E-state index < -0.39 is 0 Å². The second kappa shape index (κ2) is 7.53. The molecule has 1 aliphatic rings. The zero-order chi connectivity index (χ0) is 13.5. The molecule has 0 aliphatic heterocycles. The van der Waals surface area contributed by atoms with Gasteiger partial charge in [-0.05, 0) is 36.6 Å². The molecule has 0 atom stereocenters. The Balaban J connectivity index is 1.86. The smallest absolute Gasteiger partial charge is 0.251 e. The Morgan fingerprint density at radius 1 is 1.42 bits per heavy atom. The van der Waals surface area contributed by atoms with Crippen LogP contribution in [-0.4, -0.2) is 23.2 Å². The van der Waals surface area contributed by atoms with Gasteiger partial charge in [-0.3, -0.25) is 4.79 Å². The molecule has 1 N–H and O–H groups in total. The van der Waals surface area contributed by atoms with Crippen molar-refractivity contribution in [1.82, 2.24) is 10.3 Å². The van der Waals surface area contributed by atoms with E-state index in [4.69, 9.17) is 0 Å². The summed E-state index contributed by atoms with van der Waals surface area (Å²) in [5, 5.41) is 3.99. The summed E-state index contributed by atoms with van der Waals surface area (Å²) in [4.78, 5) is 16.3. The normalized spacial score (nSPS) is 16.3. The van der Waals surface area contributed by atoms with Crippen molar-refractivity contribution < 1.29 is 4.79 Å². The quantitative estimate of drug-likeness (QED) is 0.838. The third-order valence-electron chi connectivity index (χ3n) is 3.57. The lowest BCUT2D eigenvalue weighted by Crippen LogP contribution is -2.30. The van der Waals surface area contributed by atoms with E-state index in [1.807, 2.05) is 6.07 Å². The number of carbonyl (C=O) groups is 1. The van der Waals surface area contributed by atoms with Gasteiger partial charge in [0.25, 0.3) is 5.91 Å². The third kappa shape index (κ3) is 4.53. The van der Waals surface area contributed by atoms with Crippen molar-refractivity contribution in [1.29, 1.82) is 0 Å². The Bertz CT molecular complexity index is 416. The summed E-state index contributed by atoms with van der Waals surface area (Å²) in [6.07, 6.45) is 8.21. The molecule has 19 heavy (non-hydrogen) atoms. The number of hydrogen-bond donors (Lipinski definition) is 1. The molecule has 1 saturated carbocycles. The van der Waals surface area contributed by atoms with Gasteiger partial charge in [-0.15, -0.1) is 11.8 Å². The molecule has 0 unspecified atom stereocenters. The SMILES string of the molecule is CCSc1cc(C(=O)NCC2CCCCC2)ccn1. The van der Waals surface area contributed by atoms with Crippen molar-refractivity contribution in [3.63, 3.8) is 0 Å². The van der Waals surface area contributed by atoms with Crippen LogP contribution in [-0.2, 0) is 0 Å². The second-order valence-electron chi connectivity index (χ2n) is 5.03. The van der Waals surface area contributed by atoms with Crippen molar-refractivity contribution in [3.8, 4) is 0 Å². The van der Waals surface area contributed by atoms with Gasteiger partial charge >= 0.3 is 0 Å². The van der Waals surface area contributed by atoms with E-state index in [2.05, 4.69) is 17.2 Å². The molecular formula is C15H22N2OS. The van der Waals surface area contributed by atoms with Crippen LogP contribution in [0.3, 0.4) is 0 Å². The molecule has 2 rings (SSSR count). The minimum Gasteiger partial charge on any atom is -0.352 e. The lowest BCUT2D eigenvalue weighted by atomic mass is 9.89. The van der Waals surface area contributed by atoms with Crippen LogP contribution in [0.1, 0.15) is 49.4 Å². The van der Waals surface area contributed by atoms with E-state index >= 15 is 0 Å². The highest BCUT2D eigenvalue weighted by Crippen LogP contribution is 2.23. The van der Waals surface area contributed by atoms with Crippen LogP contribution in [0, 0.1) is 5.92 Å². The van der Waals surface area contributed by atoms with Crippen molar-refractivity contribution in [2.75, 3.05) is 12.3 Å². The average Bonchev–Trinajstić information content (AvgIpc) is 2.46. The van der Waals surface area contributed by atoms with Gasteiger partial charge in [0.15, 0.2) is 0 Å². The summed E-state index contributed by atoms with van der Waals surface area (Å²) < 4.78 is 0. The number of nitrogens with one attached hydrogen (secondary N) is 1. The second-order valence-corrected chi connectivity index (χ2v) is 6.31. The summed E-state index contributed by atoms with van der Waals surface area (Å²) in [6.45, 7) is 2.90. The fourth-order valence-electron chi connectivity index (χ4n) is 2.51. The molecule has 3 nitrogen and oxygen atoms in total. The molecule has 4 heteroatoms. The minimum atomic E-state index is 0.0333. The highest BCUT2D eigenvalue weighted by Gasteiger charge is 2.15. The van der Waals surface area contributed by atoms with Crippen molar-refractivity contribution in [3.05, 3.63) is 23.9 Å². The molecule has 0 bridgehead atoms. The molecule has 1 amide bonds. The predicted octanol–water partition coefficient (Wildman–Crippen LogP) is 3.50. The van der Waals surface area contributed by atoms with Crippen LogP contribution in [0.2, 0.25) is 0 Å². The number of aromatic nitrogens is 1. The molecule has 0 spiro atoms. The van der Waals surface area contributed by atoms with Crippen molar-refractivity contribution in [2.45, 2.75) is 44.1 Å². The summed E-state index contributed by atoms with van der Waals surface area (Å²) in [6, 6.07) is 3.67. The number of thioether (sulfide) groups is 1. The molecule has 0 saturated heterocycles. The van der Waals surface area contributed by atoms with E-state index in [9.17, 15) is 4.79 Å². The van der Waals surface area contributed by atoms with E-state index in [0.717, 1.165) is 22.9 Å². The largest absolute Gasteiger partial charge is 0.352 e. The number of pyridine rings is 1. The lowest BCUT2D eigenvalue weighted by molar-refractivity contribution is 0.0943. The zero-order valence-corrected chi connectivity index (χ0v) is 12.3. The molecular weight excluding hydrogens is 256 g/mol. The maximum absolute atomic E-state index is 12.1. The van der Waals surface area contributed by atoms with Gasteiger partial charge < -0.3 is 5.32 Å². The van der Waals surface area contributed by atoms with Crippen LogP contribution < -0.4 is 5.32 Å². The van der Waals surface area contributed by atoms with E-state index in [-0.39, 0.29) is 5.91 Å². The van der Waals surface area contributed by atoms with E-state index in [0.29, 0.717) is 5.92 Å². The first-order chi connectivity index (χ1) is 9.29. The Morgan fingerprint density at radius 3 is 2.95 bits per heavy atom. The van der Waals surface area contributed by atoms with Crippen LogP contribution >= 0.6 is 11.8 Å². The molecule has 1 aliphatic carbocycles. The highest BCUT2D eigenvalue weighted by molar-refractivity contribution is 7.99. The summed E-state index contributed by atoms with van der Waals surface area (Å²) in [5.74, 6) is 1.68. The minimum absolute atomic E-state index is 0.0333. The standard InChI is InChI=1S/C15H22N2OS/c1-2-19-14-10-13(8-9-16-14)15(18)17-11-12-6-4-3-5-7-12/h8-10,12H,2-7,11H2,1H3,(H,17,18). The zero-order valence-electron chi connectivity index (χ0n) is 11.5. The average molecular weight is 278 g/mol. The first-order valence-corrected chi connectivity index (χ1v) is 8.15. The lowest BCUT2D eigenvalue weighted by Gasteiger charge is -2.21. The van der Waals surface area contributed by atoms with Crippen LogP contribution in [0.4, 0.5) is 0 Å². The van der Waals surface area contributed by atoms with Crippen molar-refractivity contribution >= 4 is 17.7 Å². The molecule has 1 aromatic heterocycles. The number of nitrogens with zero attached hydrogens (tertiary/aromatic N) is 1. The molecule has 0 aromatic carbocycles. The Hall–Kier alpha value is -1.03. The summed E-state index contributed by atoms with van der Waals surface area (Å²) >= 11 is 1.66. The number of carbonyl (C=O) groups excluding carboxylic acids is 1. The predicted molar refractivity (Wildman–Crippen MR) is 79.5 cm³/mol. The van der Waals surface area contributed by atoms with Crippen molar-refractivity contribution in [2.24, 2.45) is 5.92 Å². The van der Waals surface area contributed by atoms with Gasteiger partial charge in [0.1, 0.15) is 0 Å². The first-order valence-electron chi connectivity index (χ1n) is 7.16. The molecule has 1 aromatic rings. The van der Waals surface area contributed by atoms with Gasteiger partial charge in [-0.25, -0.2) is 4.98 Å². The van der Waals surface area contributed by atoms with Gasteiger partial charge in [0.2, 0.25) is 0 Å². The van der Waals surface area contributed by atoms with Gasteiger partial charge in [-0.1, -0.05) is 26.2 Å². The first kappa shape index (κ1) is 14.4. The molecule has 0 radical (unpaired) electrons. The maximum Gasteiger partial charge on any atom is 0.251 e. The van der Waals surface area contributed by atoms with Gasteiger partial charge in [0, 0.05) is 18.3 Å². The van der Waals surface area contributed by atoms with Gasteiger partial charge in [-0.2, -0.15) is 0 Å². The summed E-state index contributed by atoms with van der Waals surface area (Å²) in [5.41, 5.74) is 0.724. The monoisotopic (exact) mass is 278 g/mol. The molecule has 104 valence electrons. The number of rotatable bonds is 5. The molecule has 1 fully saturated rings. The fourth-order valence-corrected chi connectivity index (χ4v) is 3.15. The summed E-state index contributed by atoms with van der Waals surface area (Å²) in [7, 11) is 0. The number of hydrogen-bond acceptors (Lipinski definition) is 3. The topological polar surface area (TPSA) is 42.0 Å². The Kier molecular flexibility index (Phi) is 5.70. The molecule has 1 heterocycles. The Labute approximate surface area is 119 Å². The van der Waals surface area contributed by atoms with Crippen LogP contribution in [0.15, 0.2) is 23.4 Å². The van der Waals surface area contributed by atoms with Gasteiger partial charge in [0.05, 0.1) is 5.03 Å².